The number of para-hydroxylation sites is 3. The van der Waals surface area contributed by atoms with Gasteiger partial charge in [-0.15, -0.1) is 0 Å². The molecule has 0 N–H and O–H groups in total. The smallest absolute Gasteiger partial charge is 0.235 e. The molecule has 3 aromatic heterocycles. The summed E-state index contributed by atoms with van der Waals surface area (Å²) in [6.45, 7) is 0. The van der Waals surface area contributed by atoms with Crippen LogP contribution in [0.5, 0.6) is 0 Å². The third-order valence-electron chi connectivity index (χ3n) is 11.5. The Morgan fingerprint density at radius 1 is 0.339 bits per heavy atom. The molecule has 0 aliphatic heterocycles. The fraction of sp³-hybridized carbons (Fsp3) is 0. The highest BCUT2D eigenvalue weighted by Crippen LogP contribution is 2.43. The summed E-state index contributed by atoms with van der Waals surface area (Å²) in [6, 6.07) is 69.6. The van der Waals surface area contributed by atoms with Crippen molar-refractivity contribution in [3.05, 3.63) is 194 Å². The Balaban J connectivity index is 1.16. The van der Waals surface area contributed by atoms with Crippen LogP contribution in [0.15, 0.2) is 194 Å². The Morgan fingerprint density at radius 2 is 0.964 bits per heavy atom. The highest BCUT2D eigenvalue weighted by Gasteiger charge is 2.22. The Labute approximate surface area is 322 Å². The Morgan fingerprint density at radius 3 is 1.80 bits per heavy atom. The molecule has 0 fully saturated rings. The van der Waals surface area contributed by atoms with Crippen molar-refractivity contribution in [1.29, 1.82) is 0 Å². The summed E-state index contributed by atoms with van der Waals surface area (Å²) in [5, 5.41) is 10.7. The molecule has 0 amide bonds. The van der Waals surface area contributed by atoms with Gasteiger partial charge in [0, 0.05) is 37.9 Å². The topological polar surface area (TPSA) is 35.6 Å². The quantitative estimate of drug-likeness (QED) is 0.182. The van der Waals surface area contributed by atoms with Crippen molar-refractivity contribution >= 4 is 76.1 Å². The van der Waals surface area contributed by atoms with Crippen LogP contribution in [-0.2, 0) is 0 Å². The van der Waals surface area contributed by atoms with E-state index in [9.17, 15) is 0 Å². The third kappa shape index (κ3) is 4.47. The molecule has 12 rings (SSSR count). The second kappa shape index (κ2) is 12.0. The van der Waals surface area contributed by atoms with Crippen molar-refractivity contribution in [2.24, 2.45) is 0 Å². The molecule has 4 nitrogen and oxygen atoms in total. The number of hydrogen-bond acceptors (Lipinski definition) is 2. The monoisotopic (exact) mass is 712 g/mol. The molecule has 0 aliphatic carbocycles. The molecule has 3 heterocycles. The second-order valence-corrected chi connectivity index (χ2v) is 14.6. The SMILES string of the molecule is c1ccc(-c2nc(-n3c4ccccc4c4c5ccccc5c(-c5ccc6c(c5)c5ccccc5n6-c5cccc6ccccc56)cc43)nc3ccccc23)cc1. The van der Waals surface area contributed by atoms with Crippen LogP contribution in [0.25, 0.3) is 110 Å². The molecule has 0 spiro atoms. The number of nitrogens with zero attached hydrogens (tertiary/aromatic N) is 4. The van der Waals surface area contributed by atoms with E-state index in [0.717, 1.165) is 38.8 Å². The Kier molecular flexibility index (Phi) is 6.60. The zero-order valence-corrected chi connectivity index (χ0v) is 30.3. The molecule has 260 valence electrons. The molecule has 0 bridgehead atoms. The van der Waals surface area contributed by atoms with Crippen LogP contribution in [0.3, 0.4) is 0 Å². The van der Waals surface area contributed by atoms with Crippen molar-refractivity contribution in [1.82, 2.24) is 19.1 Å². The minimum absolute atomic E-state index is 0.656. The Bertz CT molecular complexity index is 3530. The fourth-order valence-electron chi connectivity index (χ4n) is 9.07. The molecule has 0 saturated heterocycles. The average molecular weight is 713 g/mol. The molecule has 56 heavy (non-hydrogen) atoms. The normalized spacial score (nSPS) is 11.9. The van der Waals surface area contributed by atoms with Crippen LogP contribution in [-0.4, -0.2) is 19.1 Å². The number of rotatable bonds is 4. The van der Waals surface area contributed by atoms with Gasteiger partial charge < -0.3 is 4.57 Å². The molecule has 0 radical (unpaired) electrons. The first-order chi connectivity index (χ1) is 27.8. The first-order valence-corrected chi connectivity index (χ1v) is 19.1. The van der Waals surface area contributed by atoms with E-state index in [-0.39, 0.29) is 0 Å². The summed E-state index contributed by atoms with van der Waals surface area (Å²) < 4.78 is 4.70. The van der Waals surface area contributed by atoms with Crippen LogP contribution in [0, 0.1) is 0 Å². The van der Waals surface area contributed by atoms with Gasteiger partial charge in [0.25, 0.3) is 0 Å². The number of fused-ring (bicyclic) bond motifs is 10. The van der Waals surface area contributed by atoms with Crippen molar-refractivity contribution in [3.63, 3.8) is 0 Å². The minimum Gasteiger partial charge on any atom is -0.309 e. The molecular weight excluding hydrogens is 681 g/mol. The van der Waals surface area contributed by atoms with Crippen molar-refractivity contribution < 1.29 is 0 Å². The van der Waals surface area contributed by atoms with E-state index < -0.39 is 0 Å². The summed E-state index contributed by atoms with van der Waals surface area (Å²) in [5.41, 5.74) is 11.0. The van der Waals surface area contributed by atoms with E-state index in [1.165, 1.54) is 65.4 Å². The summed E-state index contributed by atoms with van der Waals surface area (Å²) in [4.78, 5) is 10.6. The zero-order valence-electron chi connectivity index (χ0n) is 30.3. The lowest BCUT2D eigenvalue weighted by Gasteiger charge is -2.14. The standard InChI is InChI=1S/C52H32N4/c1-2-16-34(17-3-1)51-40-23-8-11-25-44(40)53-52(54-51)56-47-27-13-10-24-41(47)50-39-22-7-6-20-37(39)42(32-49(50)56)35-29-30-48-43(31-35)38-21-9-12-26-46(38)55(48)45-28-14-18-33-15-4-5-19-36(33)45/h1-32H. The van der Waals surface area contributed by atoms with Crippen molar-refractivity contribution in [2.75, 3.05) is 0 Å². The summed E-state index contributed by atoms with van der Waals surface area (Å²) in [6.07, 6.45) is 0. The van der Waals surface area contributed by atoms with Crippen molar-refractivity contribution in [3.8, 4) is 34.0 Å². The van der Waals surface area contributed by atoms with E-state index in [1.807, 2.05) is 6.07 Å². The number of aromatic nitrogens is 4. The van der Waals surface area contributed by atoms with E-state index in [0.29, 0.717) is 5.95 Å². The van der Waals surface area contributed by atoms with Gasteiger partial charge in [-0.25, -0.2) is 9.97 Å². The summed E-state index contributed by atoms with van der Waals surface area (Å²) in [7, 11) is 0. The largest absolute Gasteiger partial charge is 0.309 e. The van der Waals surface area contributed by atoms with Gasteiger partial charge in [-0.2, -0.15) is 0 Å². The molecule has 0 saturated carbocycles. The number of benzene rings is 9. The average Bonchev–Trinajstić information content (AvgIpc) is 3.78. The van der Waals surface area contributed by atoms with Crippen molar-refractivity contribution in [2.45, 2.75) is 0 Å². The van der Waals surface area contributed by atoms with Gasteiger partial charge in [-0.05, 0) is 69.8 Å². The van der Waals surface area contributed by atoms with E-state index in [1.54, 1.807) is 0 Å². The number of hydrogen-bond donors (Lipinski definition) is 0. The van der Waals surface area contributed by atoms with Crippen LogP contribution >= 0.6 is 0 Å². The maximum atomic E-state index is 5.37. The van der Waals surface area contributed by atoms with Crippen LogP contribution in [0.1, 0.15) is 0 Å². The van der Waals surface area contributed by atoms with Crippen LogP contribution in [0.4, 0.5) is 0 Å². The molecule has 0 aliphatic rings. The second-order valence-electron chi connectivity index (χ2n) is 14.6. The van der Waals surface area contributed by atoms with E-state index >= 15 is 0 Å². The predicted molar refractivity (Wildman–Crippen MR) is 234 cm³/mol. The van der Waals surface area contributed by atoms with Gasteiger partial charge in [-0.3, -0.25) is 4.57 Å². The Hall–Kier alpha value is -7.56. The van der Waals surface area contributed by atoms with Gasteiger partial charge >= 0.3 is 0 Å². The van der Waals surface area contributed by atoms with Gasteiger partial charge in [0.05, 0.1) is 39.0 Å². The first-order valence-electron chi connectivity index (χ1n) is 19.1. The van der Waals surface area contributed by atoms with Gasteiger partial charge in [0.1, 0.15) is 0 Å². The molecule has 4 heteroatoms. The van der Waals surface area contributed by atoms with Crippen LogP contribution < -0.4 is 0 Å². The maximum absolute atomic E-state index is 5.37. The predicted octanol–water partition coefficient (Wildman–Crippen LogP) is 13.5. The maximum Gasteiger partial charge on any atom is 0.235 e. The molecule has 0 unspecified atom stereocenters. The molecular formula is C52H32N4. The fourth-order valence-corrected chi connectivity index (χ4v) is 9.07. The highest BCUT2D eigenvalue weighted by molar-refractivity contribution is 6.24. The van der Waals surface area contributed by atoms with Gasteiger partial charge in [0.15, 0.2) is 0 Å². The van der Waals surface area contributed by atoms with E-state index in [4.69, 9.17) is 9.97 Å². The summed E-state index contributed by atoms with van der Waals surface area (Å²) >= 11 is 0. The van der Waals surface area contributed by atoms with Gasteiger partial charge in [0.2, 0.25) is 5.95 Å². The zero-order chi connectivity index (χ0) is 36.7. The van der Waals surface area contributed by atoms with E-state index in [2.05, 4.69) is 197 Å². The minimum atomic E-state index is 0.656. The van der Waals surface area contributed by atoms with Crippen LogP contribution in [0.2, 0.25) is 0 Å². The lowest BCUT2D eigenvalue weighted by atomic mass is 9.94. The highest BCUT2D eigenvalue weighted by atomic mass is 15.2. The molecule has 9 aromatic carbocycles. The molecule has 12 aromatic rings. The lowest BCUT2D eigenvalue weighted by Crippen LogP contribution is -2.03. The lowest BCUT2D eigenvalue weighted by molar-refractivity contribution is 1.01. The summed E-state index contributed by atoms with van der Waals surface area (Å²) in [5.74, 6) is 0.656. The van der Waals surface area contributed by atoms with Gasteiger partial charge in [-0.1, -0.05) is 152 Å². The first kappa shape index (κ1) is 30.9. The molecule has 0 atom stereocenters. The third-order valence-corrected chi connectivity index (χ3v) is 11.5.